The number of rotatable bonds is 5. The van der Waals surface area contributed by atoms with E-state index in [0.717, 1.165) is 0 Å². The maximum atomic E-state index is 13.5. The minimum Gasteiger partial charge on any atom is -0.325 e. The van der Waals surface area contributed by atoms with Crippen LogP contribution in [0.3, 0.4) is 0 Å². The van der Waals surface area contributed by atoms with E-state index in [9.17, 15) is 14.0 Å². The number of carbonyl (C=O) groups is 2. The summed E-state index contributed by atoms with van der Waals surface area (Å²) in [5.74, 6) is -2.78. The van der Waals surface area contributed by atoms with Crippen LogP contribution in [0, 0.1) is 18.7 Å². The van der Waals surface area contributed by atoms with Crippen LogP contribution in [0.1, 0.15) is 27.4 Å². The van der Waals surface area contributed by atoms with Crippen molar-refractivity contribution >= 4 is 69.6 Å². The summed E-state index contributed by atoms with van der Waals surface area (Å²) in [5, 5.41) is 5.74. The highest BCUT2D eigenvalue weighted by Crippen LogP contribution is 2.65. The molecule has 1 saturated carbocycles. The molecule has 2 N–H and O–H groups in total. The Morgan fingerprint density at radius 2 is 1.64 bits per heavy atom. The van der Waals surface area contributed by atoms with Gasteiger partial charge in [0.05, 0.1) is 21.5 Å². The third-order valence-electron chi connectivity index (χ3n) is 5.57. The summed E-state index contributed by atoms with van der Waals surface area (Å²) in [4.78, 5) is 25.9. The molecule has 2 atom stereocenters. The van der Waals surface area contributed by atoms with Crippen molar-refractivity contribution in [2.45, 2.75) is 17.2 Å². The van der Waals surface area contributed by atoms with Crippen molar-refractivity contribution in [2.75, 3.05) is 10.6 Å². The molecule has 1 aliphatic rings. The van der Waals surface area contributed by atoms with Crippen molar-refractivity contribution in [1.82, 2.24) is 0 Å². The number of carbonyl (C=O) groups excluding carboxylic acids is 2. The number of anilines is 2. The van der Waals surface area contributed by atoms with Crippen molar-refractivity contribution in [3.8, 4) is 0 Å². The number of benzene rings is 3. The molecule has 9 heteroatoms. The molecule has 0 spiro atoms. The largest absolute Gasteiger partial charge is 0.325 e. The fourth-order valence-corrected chi connectivity index (χ4v) is 5.10. The molecule has 170 valence electrons. The molecule has 0 bridgehead atoms. The van der Waals surface area contributed by atoms with E-state index >= 15 is 0 Å². The zero-order valence-corrected chi connectivity index (χ0v) is 20.2. The van der Waals surface area contributed by atoms with E-state index in [4.69, 9.17) is 46.4 Å². The number of halogens is 5. The lowest BCUT2D eigenvalue weighted by molar-refractivity contribution is -0.117. The van der Waals surface area contributed by atoms with Gasteiger partial charge >= 0.3 is 0 Å². The maximum Gasteiger partial charge on any atom is 0.257 e. The van der Waals surface area contributed by atoms with Crippen LogP contribution in [-0.4, -0.2) is 16.1 Å². The summed E-state index contributed by atoms with van der Waals surface area (Å²) >= 11 is 24.9. The second-order valence-electron chi connectivity index (χ2n) is 7.71. The maximum absolute atomic E-state index is 13.5. The predicted octanol–water partition coefficient (Wildman–Crippen LogP) is 7.22. The van der Waals surface area contributed by atoms with Gasteiger partial charge in [-0.25, -0.2) is 4.39 Å². The molecule has 33 heavy (non-hydrogen) atoms. The third-order valence-corrected chi connectivity index (χ3v) is 7.11. The molecule has 1 aliphatic carbocycles. The molecule has 1 fully saturated rings. The minimum atomic E-state index is -1.38. The molecule has 0 radical (unpaired) electrons. The molecule has 0 saturated heterocycles. The smallest absolute Gasteiger partial charge is 0.257 e. The van der Waals surface area contributed by atoms with Gasteiger partial charge in [0.15, 0.2) is 0 Å². The van der Waals surface area contributed by atoms with Gasteiger partial charge in [-0.05, 0) is 54.4 Å². The van der Waals surface area contributed by atoms with Crippen LogP contribution in [0.25, 0.3) is 0 Å². The summed E-state index contributed by atoms with van der Waals surface area (Å²) in [6.07, 6.45) is 0. The Morgan fingerprint density at radius 1 is 0.939 bits per heavy atom. The van der Waals surface area contributed by atoms with Gasteiger partial charge in [-0.15, -0.1) is 23.2 Å². The predicted molar refractivity (Wildman–Crippen MR) is 131 cm³/mol. The molecule has 0 unspecified atom stereocenters. The molecule has 4 rings (SSSR count). The summed E-state index contributed by atoms with van der Waals surface area (Å²) in [6.45, 7) is 1.68. The van der Waals surface area contributed by atoms with E-state index in [1.165, 1.54) is 24.3 Å². The zero-order valence-electron chi connectivity index (χ0n) is 17.1. The van der Waals surface area contributed by atoms with E-state index in [1.54, 1.807) is 37.3 Å². The van der Waals surface area contributed by atoms with Gasteiger partial charge in [0.25, 0.3) is 5.91 Å². The fraction of sp³-hybridized carbons (Fsp3) is 0.167. The van der Waals surface area contributed by atoms with Gasteiger partial charge in [0.1, 0.15) is 10.2 Å². The first kappa shape index (κ1) is 23.8. The highest BCUT2D eigenvalue weighted by Gasteiger charge is 2.67. The van der Waals surface area contributed by atoms with Crippen LogP contribution in [-0.2, 0) is 4.79 Å². The van der Waals surface area contributed by atoms with E-state index in [2.05, 4.69) is 10.6 Å². The lowest BCUT2D eigenvalue weighted by Gasteiger charge is -2.14. The van der Waals surface area contributed by atoms with Gasteiger partial charge in [-0.1, -0.05) is 47.5 Å². The number of hydrogen-bond donors (Lipinski definition) is 2. The molecular formula is C24H17Cl4FN2O2. The van der Waals surface area contributed by atoms with E-state index in [0.29, 0.717) is 22.5 Å². The highest BCUT2D eigenvalue weighted by atomic mass is 35.5. The van der Waals surface area contributed by atoms with Crippen molar-refractivity contribution in [2.24, 2.45) is 5.92 Å². The summed E-state index contributed by atoms with van der Waals surface area (Å²) in [5.41, 5.74) is 2.29. The van der Waals surface area contributed by atoms with Crippen LogP contribution in [0.15, 0.2) is 60.7 Å². The van der Waals surface area contributed by atoms with Crippen molar-refractivity contribution in [3.63, 3.8) is 0 Å². The number of nitrogens with one attached hydrogen (secondary N) is 2. The van der Waals surface area contributed by atoms with Gasteiger partial charge in [0.2, 0.25) is 5.91 Å². The average molecular weight is 526 g/mol. The van der Waals surface area contributed by atoms with Crippen LogP contribution >= 0.6 is 46.4 Å². The molecule has 0 aliphatic heterocycles. The fourth-order valence-electron chi connectivity index (χ4n) is 3.79. The van der Waals surface area contributed by atoms with E-state index in [-0.39, 0.29) is 15.6 Å². The zero-order chi connectivity index (χ0) is 23.9. The number of hydrogen-bond acceptors (Lipinski definition) is 2. The Morgan fingerprint density at radius 3 is 2.30 bits per heavy atom. The monoisotopic (exact) mass is 524 g/mol. The Kier molecular flexibility index (Phi) is 6.61. The molecule has 3 aromatic rings. The van der Waals surface area contributed by atoms with Gasteiger partial charge in [0, 0.05) is 17.3 Å². The highest BCUT2D eigenvalue weighted by molar-refractivity contribution is 6.53. The number of para-hydroxylation sites is 1. The second-order valence-corrected chi connectivity index (χ2v) is 9.97. The molecule has 3 aromatic carbocycles. The second kappa shape index (κ2) is 9.15. The number of amides is 2. The topological polar surface area (TPSA) is 58.2 Å². The Balaban J connectivity index is 1.55. The van der Waals surface area contributed by atoms with Gasteiger partial charge in [-0.3, -0.25) is 9.59 Å². The third kappa shape index (κ3) is 4.69. The van der Waals surface area contributed by atoms with Gasteiger partial charge < -0.3 is 10.6 Å². The average Bonchev–Trinajstić information content (AvgIpc) is 3.35. The molecule has 4 nitrogen and oxygen atoms in total. The Bertz CT molecular complexity index is 1250. The Labute approximate surface area is 210 Å². The number of alkyl halides is 2. The summed E-state index contributed by atoms with van der Waals surface area (Å²) in [6, 6.07) is 16.2. The van der Waals surface area contributed by atoms with Crippen LogP contribution < -0.4 is 10.6 Å². The standard InChI is InChI=1S/C24H17Cl4FN2O2/c1-12-18(10-8-15(25)19(12)22(32)30-14-5-3-2-4-6-14)31-23(33)21-20(24(21,27)28)13-7-9-17(29)16(26)11-13/h2-11,20-21H,1H3,(H,30,32)(H,31,33)/t20-,21+/m0/s1. The van der Waals surface area contributed by atoms with Crippen LogP contribution in [0.2, 0.25) is 10.0 Å². The Hall–Kier alpha value is -2.31. The molecule has 0 aromatic heterocycles. The van der Waals surface area contributed by atoms with E-state index < -0.39 is 33.8 Å². The van der Waals surface area contributed by atoms with E-state index in [1.807, 2.05) is 6.07 Å². The summed E-state index contributed by atoms with van der Waals surface area (Å²) < 4.78 is 12.1. The van der Waals surface area contributed by atoms with Gasteiger partial charge in [-0.2, -0.15) is 0 Å². The lowest BCUT2D eigenvalue weighted by atomic mass is 10.0. The van der Waals surface area contributed by atoms with Crippen molar-refractivity contribution in [3.05, 3.63) is 93.2 Å². The lowest BCUT2D eigenvalue weighted by Crippen LogP contribution is -2.20. The SMILES string of the molecule is Cc1c(NC(=O)[C@H]2[C@H](c3ccc(F)c(Cl)c3)C2(Cl)Cl)ccc(Cl)c1C(=O)Nc1ccccc1. The van der Waals surface area contributed by atoms with Crippen molar-refractivity contribution < 1.29 is 14.0 Å². The quantitative estimate of drug-likeness (QED) is 0.345. The van der Waals surface area contributed by atoms with Crippen LogP contribution in [0.4, 0.5) is 15.8 Å². The molecule has 2 amide bonds. The molecule has 0 heterocycles. The minimum absolute atomic E-state index is 0.0784. The first-order valence-electron chi connectivity index (χ1n) is 9.90. The first-order chi connectivity index (χ1) is 15.6. The normalized spacial score (nSPS) is 18.5. The van der Waals surface area contributed by atoms with Crippen molar-refractivity contribution in [1.29, 1.82) is 0 Å². The summed E-state index contributed by atoms with van der Waals surface area (Å²) in [7, 11) is 0. The first-order valence-corrected chi connectivity index (χ1v) is 11.4. The van der Waals surface area contributed by atoms with Crippen LogP contribution in [0.5, 0.6) is 0 Å². The molecular weight excluding hydrogens is 509 g/mol.